The number of amides is 1. The molecule has 4 nitrogen and oxygen atoms in total. The fourth-order valence-corrected chi connectivity index (χ4v) is 4.70. The lowest BCUT2D eigenvalue weighted by Crippen LogP contribution is -2.36. The molecule has 2 aromatic rings. The van der Waals surface area contributed by atoms with Crippen molar-refractivity contribution in [3.63, 3.8) is 0 Å². The predicted molar refractivity (Wildman–Crippen MR) is 103 cm³/mol. The van der Waals surface area contributed by atoms with Crippen molar-refractivity contribution in [1.29, 1.82) is 0 Å². The zero-order valence-electron chi connectivity index (χ0n) is 14.7. The van der Waals surface area contributed by atoms with Crippen LogP contribution in [0.5, 0.6) is 0 Å². The van der Waals surface area contributed by atoms with Crippen LogP contribution in [0.2, 0.25) is 0 Å². The number of hydrogen-bond donors (Lipinski definition) is 0. The lowest BCUT2D eigenvalue weighted by molar-refractivity contribution is 0.0797. The van der Waals surface area contributed by atoms with Gasteiger partial charge in [0.15, 0.2) is 0 Å². The van der Waals surface area contributed by atoms with Gasteiger partial charge in [0.05, 0.1) is 18.1 Å². The Bertz CT molecular complexity index is 742. The third kappa shape index (κ3) is 3.44. The molecule has 0 N–H and O–H groups in total. The van der Waals surface area contributed by atoms with E-state index >= 15 is 0 Å². The van der Waals surface area contributed by atoms with E-state index < -0.39 is 0 Å². The van der Waals surface area contributed by atoms with Crippen LogP contribution in [0.4, 0.5) is 5.69 Å². The van der Waals surface area contributed by atoms with Crippen LogP contribution in [0.3, 0.4) is 0 Å². The number of rotatable bonds is 3. The van der Waals surface area contributed by atoms with Crippen LogP contribution in [0.15, 0.2) is 30.3 Å². The molecule has 1 amide bonds. The van der Waals surface area contributed by atoms with Crippen molar-refractivity contribution >= 4 is 22.9 Å². The predicted octanol–water partition coefficient (Wildman–Crippen LogP) is 3.80. The third-order valence-electron chi connectivity index (χ3n) is 5.03. The number of benzene rings is 1. The number of aryl methyl sites for hydroxylation is 1. The van der Waals surface area contributed by atoms with Gasteiger partial charge in [-0.05, 0) is 49.1 Å². The second kappa shape index (κ2) is 7.18. The van der Waals surface area contributed by atoms with Crippen LogP contribution in [0.1, 0.15) is 28.1 Å². The number of carbonyl (C=O) groups is 1. The third-order valence-corrected chi connectivity index (χ3v) is 6.31. The highest BCUT2D eigenvalue weighted by Crippen LogP contribution is 2.33. The Labute approximate surface area is 153 Å². The van der Waals surface area contributed by atoms with Crippen molar-refractivity contribution in [2.75, 3.05) is 44.3 Å². The van der Waals surface area contributed by atoms with Crippen LogP contribution in [0.25, 0.3) is 10.4 Å². The SMILES string of the molecule is Cc1cc(-c2ccc(N3CCOCC3)cc2)sc1C(=O)N1CCCC1. The summed E-state index contributed by atoms with van der Waals surface area (Å²) in [6.07, 6.45) is 2.26. The maximum absolute atomic E-state index is 12.7. The molecule has 0 saturated carbocycles. The Kier molecular flexibility index (Phi) is 4.77. The van der Waals surface area contributed by atoms with Crippen molar-refractivity contribution in [1.82, 2.24) is 4.90 Å². The smallest absolute Gasteiger partial charge is 0.264 e. The van der Waals surface area contributed by atoms with E-state index in [2.05, 4.69) is 35.2 Å². The lowest BCUT2D eigenvalue weighted by atomic mass is 10.1. The molecule has 5 heteroatoms. The van der Waals surface area contributed by atoms with Gasteiger partial charge in [0.1, 0.15) is 0 Å². The molecule has 25 heavy (non-hydrogen) atoms. The number of nitrogens with zero attached hydrogens (tertiary/aromatic N) is 2. The van der Waals surface area contributed by atoms with E-state index in [1.165, 1.54) is 16.1 Å². The number of likely N-dealkylation sites (tertiary alicyclic amines) is 1. The van der Waals surface area contributed by atoms with Gasteiger partial charge in [-0.15, -0.1) is 11.3 Å². The van der Waals surface area contributed by atoms with Gasteiger partial charge in [-0.3, -0.25) is 4.79 Å². The molecule has 0 bridgehead atoms. The molecule has 2 fully saturated rings. The molecule has 0 spiro atoms. The molecule has 0 aliphatic carbocycles. The van der Waals surface area contributed by atoms with E-state index in [9.17, 15) is 4.79 Å². The van der Waals surface area contributed by atoms with Crippen LogP contribution in [-0.2, 0) is 4.74 Å². The Morgan fingerprint density at radius 2 is 1.72 bits per heavy atom. The van der Waals surface area contributed by atoms with Gasteiger partial charge in [-0.25, -0.2) is 0 Å². The Morgan fingerprint density at radius 3 is 2.40 bits per heavy atom. The number of carbonyl (C=O) groups excluding carboxylic acids is 1. The Balaban J connectivity index is 1.53. The second-order valence-corrected chi connectivity index (χ2v) is 7.82. The summed E-state index contributed by atoms with van der Waals surface area (Å²) in [6, 6.07) is 10.8. The molecular formula is C20H24N2O2S. The summed E-state index contributed by atoms with van der Waals surface area (Å²) < 4.78 is 5.42. The molecular weight excluding hydrogens is 332 g/mol. The van der Waals surface area contributed by atoms with E-state index in [0.29, 0.717) is 0 Å². The molecule has 132 valence electrons. The molecule has 1 aromatic heterocycles. The van der Waals surface area contributed by atoms with Crippen LogP contribution in [-0.4, -0.2) is 50.2 Å². The first kappa shape index (κ1) is 16.6. The van der Waals surface area contributed by atoms with Gasteiger partial charge in [-0.2, -0.15) is 0 Å². The topological polar surface area (TPSA) is 32.8 Å². The van der Waals surface area contributed by atoms with Gasteiger partial charge < -0.3 is 14.5 Å². The van der Waals surface area contributed by atoms with Gasteiger partial charge in [0, 0.05) is 36.7 Å². The minimum atomic E-state index is 0.205. The first-order valence-corrected chi connectivity index (χ1v) is 9.87. The number of morpholine rings is 1. The summed E-state index contributed by atoms with van der Waals surface area (Å²) in [5.41, 5.74) is 3.52. The summed E-state index contributed by atoms with van der Waals surface area (Å²) in [5.74, 6) is 0.205. The van der Waals surface area contributed by atoms with E-state index in [-0.39, 0.29) is 5.91 Å². The molecule has 1 aromatic carbocycles. The molecule has 2 aliphatic heterocycles. The Hall–Kier alpha value is -1.85. The van der Waals surface area contributed by atoms with Gasteiger partial charge in [-0.1, -0.05) is 12.1 Å². The number of thiophene rings is 1. The largest absolute Gasteiger partial charge is 0.378 e. The van der Waals surface area contributed by atoms with Gasteiger partial charge >= 0.3 is 0 Å². The van der Waals surface area contributed by atoms with E-state index in [1.54, 1.807) is 11.3 Å². The van der Waals surface area contributed by atoms with Crippen LogP contribution in [0, 0.1) is 6.92 Å². The molecule has 2 saturated heterocycles. The highest BCUT2D eigenvalue weighted by atomic mass is 32.1. The number of anilines is 1. The average Bonchev–Trinajstić information content (AvgIpc) is 3.32. The normalized spacial score (nSPS) is 18.0. The molecule has 2 aliphatic rings. The summed E-state index contributed by atoms with van der Waals surface area (Å²) >= 11 is 1.62. The van der Waals surface area contributed by atoms with Gasteiger partial charge in [0.2, 0.25) is 0 Å². The fraction of sp³-hybridized carbons (Fsp3) is 0.450. The fourth-order valence-electron chi connectivity index (χ4n) is 3.56. The number of hydrogen-bond acceptors (Lipinski definition) is 4. The maximum Gasteiger partial charge on any atom is 0.264 e. The van der Waals surface area contributed by atoms with E-state index in [1.807, 2.05) is 11.8 Å². The second-order valence-electron chi connectivity index (χ2n) is 6.77. The quantitative estimate of drug-likeness (QED) is 0.839. The Morgan fingerprint density at radius 1 is 1.04 bits per heavy atom. The van der Waals surface area contributed by atoms with E-state index in [0.717, 1.165) is 62.7 Å². The molecule has 0 atom stereocenters. The summed E-state index contributed by atoms with van der Waals surface area (Å²) in [7, 11) is 0. The van der Waals surface area contributed by atoms with Crippen molar-refractivity contribution < 1.29 is 9.53 Å². The molecule has 4 rings (SSSR count). The lowest BCUT2D eigenvalue weighted by Gasteiger charge is -2.28. The monoisotopic (exact) mass is 356 g/mol. The highest BCUT2D eigenvalue weighted by Gasteiger charge is 2.23. The van der Waals surface area contributed by atoms with Crippen LogP contribution < -0.4 is 4.90 Å². The standard InChI is InChI=1S/C20H24N2O2S/c1-15-14-18(25-19(15)20(23)22-8-2-3-9-22)16-4-6-17(7-5-16)21-10-12-24-13-11-21/h4-7,14H,2-3,8-13H2,1H3. The van der Waals surface area contributed by atoms with Crippen molar-refractivity contribution in [3.8, 4) is 10.4 Å². The minimum Gasteiger partial charge on any atom is -0.378 e. The molecule has 3 heterocycles. The summed E-state index contributed by atoms with van der Waals surface area (Å²) in [5, 5.41) is 0. The summed E-state index contributed by atoms with van der Waals surface area (Å²) in [4.78, 5) is 19.1. The molecule has 0 unspecified atom stereocenters. The van der Waals surface area contributed by atoms with Crippen molar-refractivity contribution in [2.45, 2.75) is 19.8 Å². The highest BCUT2D eigenvalue weighted by molar-refractivity contribution is 7.17. The number of ether oxygens (including phenoxy) is 1. The average molecular weight is 356 g/mol. The maximum atomic E-state index is 12.7. The van der Waals surface area contributed by atoms with Gasteiger partial charge in [0.25, 0.3) is 5.91 Å². The zero-order chi connectivity index (χ0) is 17.2. The summed E-state index contributed by atoms with van der Waals surface area (Å²) in [6.45, 7) is 7.35. The van der Waals surface area contributed by atoms with Crippen molar-refractivity contribution in [3.05, 3.63) is 40.8 Å². The van der Waals surface area contributed by atoms with Crippen molar-refractivity contribution in [2.24, 2.45) is 0 Å². The first-order chi connectivity index (χ1) is 12.2. The molecule has 0 radical (unpaired) electrons. The zero-order valence-corrected chi connectivity index (χ0v) is 15.5. The minimum absolute atomic E-state index is 0.205. The van der Waals surface area contributed by atoms with E-state index in [4.69, 9.17) is 4.74 Å². The first-order valence-electron chi connectivity index (χ1n) is 9.05. The van der Waals surface area contributed by atoms with Crippen LogP contribution >= 0.6 is 11.3 Å².